The summed E-state index contributed by atoms with van der Waals surface area (Å²) in [4.78, 5) is 21.8. The van der Waals surface area contributed by atoms with Crippen molar-refractivity contribution in [2.24, 2.45) is 5.92 Å². The lowest BCUT2D eigenvalue weighted by Crippen LogP contribution is -2.26. The van der Waals surface area contributed by atoms with Gasteiger partial charge >= 0.3 is 0 Å². The van der Waals surface area contributed by atoms with Crippen LogP contribution in [0.5, 0.6) is 0 Å². The number of fused-ring (bicyclic) bond motifs is 1. The summed E-state index contributed by atoms with van der Waals surface area (Å²) in [5.74, 6) is 1.22. The van der Waals surface area contributed by atoms with Crippen LogP contribution in [0.3, 0.4) is 0 Å². The van der Waals surface area contributed by atoms with Crippen molar-refractivity contribution in [3.8, 4) is 11.5 Å². The molecule has 0 aliphatic heterocycles. The van der Waals surface area contributed by atoms with Gasteiger partial charge in [0.1, 0.15) is 5.69 Å². The molecule has 29 heavy (non-hydrogen) atoms. The fourth-order valence-electron chi connectivity index (χ4n) is 3.55. The van der Waals surface area contributed by atoms with Gasteiger partial charge in [-0.2, -0.15) is 5.10 Å². The Morgan fingerprint density at radius 1 is 1.14 bits per heavy atom. The molecule has 7 nitrogen and oxygen atoms in total. The molecule has 1 aliphatic rings. The molecular formula is C22H22N6O. The number of benzene rings is 1. The highest BCUT2D eigenvalue weighted by atomic mass is 16.1. The summed E-state index contributed by atoms with van der Waals surface area (Å²) >= 11 is 0. The van der Waals surface area contributed by atoms with Gasteiger partial charge in [0.05, 0.1) is 11.7 Å². The highest BCUT2D eigenvalue weighted by Crippen LogP contribution is 2.32. The molecule has 1 amide bonds. The van der Waals surface area contributed by atoms with Gasteiger partial charge in [-0.3, -0.25) is 18.9 Å². The molecule has 4 aromatic rings. The zero-order valence-corrected chi connectivity index (χ0v) is 16.0. The van der Waals surface area contributed by atoms with Crippen LogP contribution >= 0.6 is 0 Å². The Kier molecular flexibility index (Phi) is 4.56. The fourth-order valence-corrected chi connectivity index (χ4v) is 3.55. The Morgan fingerprint density at radius 3 is 2.83 bits per heavy atom. The van der Waals surface area contributed by atoms with Crippen LogP contribution in [0.4, 0.5) is 0 Å². The Bertz CT molecular complexity index is 1140. The van der Waals surface area contributed by atoms with Gasteiger partial charge in [0.2, 0.25) is 0 Å². The van der Waals surface area contributed by atoms with Crippen LogP contribution in [0.25, 0.3) is 17.0 Å². The fraction of sp³-hybridized carbons (Fsp3) is 0.273. The Morgan fingerprint density at radius 2 is 2.00 bits per heavy atom. The first-order valence-corrected chi connectivity index (χ1v) is 9.96. The van der Waals surface area contributed by atoms with Gasteiger partial charge in [0, 0.05) is 31.7 Å². The second-order valence-electron chi connectivity index (χ2n) is 7.45. The summed E-state index contributed by atoms with van der Waals surface area (Å²) in [5, 5.41) is 7.45. The number of nitrogens with one attached hydrogen (secondary N) is 1. The van der Waals surface area contributed by atoms with E-state index in [1.165, 1.54) is 18.4 Å². The number of imidazole rings is 1. The van der Waals surface area contributed by atoms with Crippen molar-refractivity contribution in [1.29, 1.82) is 0 Å². The number of carbonyl (C=O) groups excluding carboxylic acids is 1. The molecule has 3 heterocycles. The minimum Gasteiger partial charge on any atom is -0.350 e. The number of carbonyl (C=O) groups is 1. The van der Waals surface area contributed by atoms with E-state index in [1.807, 2.05) is 39.5 Å². The zero-order valence-electron chi connectivity index (χ0n) is 16.0. The van der Waals surface area contributed by atoms with Crippen molar-refractivity contribution >= 4 is 11.4 Å². The summed E-state index contributed by atoms with van der Waals surface area (Å²) in [7, 11) is 0. The van der Waals surface area contributed by atoms with Gasteiger partial charge < -0.3 is 5.32 Å². The van der Waals surface area contributed by atoms with Crippen molar-refractivity contribution in [3.63, 3.8) is 0 Å². The maximum absolute atomic E-state index is 12.9. The molecule has 0 bridgehead atoms. The molecule has 0 unspecified atom stereocenters. The van der Waals surface area contributed by atoms with Crippen LogP contribution in [-0.4, -0.2) is 36.6 Å². The molecule has 5 rings (SSSR count). The highest BCUT2D eigenvalue weighted by Gasteiger charge is 2.25. The first kappa shape index (κ1) is 17.6. The van der Waals surface area contributed by atoms with Crippen molar-refractivity contribution in [3.05, 3.63) is 72.4 Å². The predicted octanol–water partition coefficient (Wildman–Crippen LogP) is 2.98. The maximum atomic E-state index is 12.9. The van der Waals surface area contributed by atoms with E-state index in [-0.39, 0.29) is 5.91 Å². The van der Waals surface area contributed by atoms with Gasteiger partial charge in [0.15, 0.2) is 11.5 Å². The Balaban J connectivity index is 1.41. The SMILES string of the molecule is O=C(NCCc1ccccc1)c1nc(-c2ccnn2CC2CC2)n2ccncc12. The van der Waals surface area contributed by atoms with Gasteiger partial charge in [0.25, 0.3) is 5.91 Å². The lowest BCUT2D eigenvalue weighted by molar-refractivity contribution is 0.0951. The van der Waals surface area contributed by atoms with E-state index in [1.54, 1.807) is 18.6 Å². The zero-order chi connectivity index (χ0) is 19.6. The summed E-state index contributed by atoms with van der Waals surface area (Å²) in [6, 6.07) is 12.1. The number of aromatic nitrogens is 5. The van der Waals surface area contributed by atoms with E-state index >= 15 is 0 Å². The molecule has 1 fully saturated rings. The van der Waals surface area contributed by atoms with Gasteiger partial charge in [-0.05, 0) is 36.8 Å². The average molecular weight is 386 g/mol. The summed E-state index contributed by atoms with van der Waals surface area (Å²) in [6.45, 7) is 1.44. The molecule has 1 N–H and O–H groups in total. The maximum Gasteiger partial charge on any atom is 0.272 e. The first-order chi connectivity index (χ1) is 14.3. The topological polar surface area (TPSA) is 77.1 Å². The van der Waals surface area contributed by atoms with Gasteiger partial charge in [-0.25, -0.2) is 4.98 Å². The van der Waals surface area contributed by atoms with E-state index in [0.717, 1.165) is 18.7 Å². The lowest BCUT2D eigenvalue weighted by atomic mass is 10.1. The van der Waals surface area contributed by atoms with Crippen LogP contribution in [0.1, 0.15) is 28.9 Å². The molecule has 0 atom stereocenters. The van der Waals surface area contributed by atoms with Crippen molar-refractivity contribution < 1.29 is 4.79 Å². The Labute approximate surface area is 168 Å². The van der Waals surface area contributed by atoms with E-state index in [9.17, 15) is 4.79 Å². The van der Waals surface area contributed by atoms with Crippen LogP contribution in [0.15, 0.2) is 61.2 Å². The Hall–Kier alpha value is -3.48. The standard InChI is InChI=1S/C22H22N6O/c29-22(24-10-8-16-4-2-1-3-5-16)20-19-14-23-12-13-27(19)21(26-20)18-9-11-25-28(18)15-17-6-7-17/h1-5,9,11-14,17H,6-8,10,15H2,(H,24,29). The number of amides is 1. The molecule has 1 aromatic carbocycles. The van der Waals surface area contributed by atoms with E-state index < -0.39 is 0 Å². The van der Waals surface area contributed by atoms with Crippen LogP contribution in [-0.2, 0) is 13.0 Å². The predicted molar refractivity (Wildman–Crippen MR) is 109 cm³/mol. The average Bonchev–Trinajstić information content (AvgIpc) is 3.31. The number of hydrogen-bond donors (Lipinski definition) is 1. The minimum absolute atomic E-state index is 0.189. The third-order valence-electron chi connectivity index (χ3n) is 5.28. The first-order valence-electron chi connectivity index (χ1n) is 9.96. The van der Waals surface area contributed by atoms with Gasteiger partial charge in [-0.1, -0.05) is 30.3 Å². The van der Waals surface area contributed by atoms with Gasteiger partial charge in [-0.15, -0.1) is 0 Å². The smallest absolute Gasteiger partial charge is 0.272 e. The van der Waals surface area contributed by atoms with E-state index in [4.69, 9.17) is 4.98 Å². The third-order valence-corrected chi connectivity index (χ3v) is 5.28. The second-order valence-corrected chi connectivity index (χ2v) is 7.45. The monoisotopic (exact) mass is 386 g/mol. The van der Waals surface area contributed by atoms with Crippen molar-refractivity contribution in [2.75, 3.05) is 6.54 Å². The number of hydrogen-bond acceptors (Lipinski definition) is 4. The molecule has 0 saturated heterocycles. The van der Waals surface area contributed by atoms with Crippen molar-refractivity contribution in [1.82, 2.24) is 29.5 Å². The van der Waals surface area contributed by atoms with Crippen molar-refractivity contribution in [2.45, 2.75) is 25.8 Å². The molecule has 146 valence electrons. The van der Waals surface area contributed by atoms with E-state index in [0.29, 0.717) is 29.5 Å². The molecule has 1 saturated carbocycles. The molecule has 0 spiro atoms. The van der Waals surface area contributed by atoms with Crippen LogP contribution in [0, 0.1) is 5.92 Å². The quantitative estimate of drug-likeness (QED) is 0.530. The van der Waals surface area contributed by atoms with Crippen LogP contribution < -0.4 is 5.32 Å². The summed E-state index contributed by atoms with van der Waals surface area (Å²) < 4.78 is 3.91. The third kappa shape index (κ3) is 3.63. The normalized spacial score (nSPS) is 13.7. The molecular weight excluding hydrogens is 364 g/mol. The minimum atomic E-state index is -0.189. The number of rotatable bonds is 7. The number of nitrogens with zero attached hydrogens (tertiary/aromatic N) is 5. The largest absolute Gasteiger partial charge is 0.350 e. The van der Waals surface area contributed by atoms with Crippen LogP contribution in [0.2, 0.25) is 0 Å². The molecule has 3 aromatic heterocycles. The second kappa shape index (κ2) is 7.50. The summed E-state index contributed by atoms with van der Waals surface area (Å²) in [5.41, 5.74) is 3.19. The summed E-state index contributed by atoms with van der Waals surface area (Å²) in [6.07, 6.45) is 10.3. The molecule has 1 aliphatic carbocycles. The van der Waals surface area contributed by atoms with E-state index in [2.05, 4.69) is 27.5 Å². The molecule has 0 radical (unpaired) electrons. The molecule has 7 heteroatoms. The highest BCUT2D eigenvalue weighted by molar-refractivity contribution is 5.99. The lowest BCUT2D eigenvalue weighted by Gasteiger charge is -2.05.